The van der Waals surface area contributed by atoms with Crippen molar-refractivity contribution in [3.8, 4) is 0 Å². The Morgan fingerprint density at radius 3 is 2.92 bits per heavy atom. The molecule has 0 amide bonds. The summed E-state index contributed by atoms with van der Waals surface area (Å²) in [6, 6.07) is -0.294. The van der Waals surface area contributed by atoms with Gasteiger partial charge >= 0.3 is 5.97 Å². The maximum Gasteiger partial charge on any atom is 0.323 e. The molecule has 2 atom stereocenters. The van der Waals surface area contributed by atoms with E-state index in [4.69, 9.17) is 4.74 Å². The van der Waals surface area contributed by atoms with Gasteiger partial charge in [0.25, 0.3) is 0 Å². The number of ether oxygens (including phenoxy) is 1. The van der Waals surface area contributed by atoms with Crippen LogP contribution >= 0.6 is 0 Å². The van der Waals surface area contributed by atoms with Crippen molar-refractivity contribution in [2.24, 2.45) is 0 Å². The number of nitrogens with one attached hydrogen (secondary N) is 1. The third kappa shape index (κ3) is 2.44. The molecule has 70 valence electrons. The zero-order chi connectivity index (χ0) is 8.97. The molecular formula is C8H14FNO2. The molecule has 1 saturated heterocycles. The number of halogens is 1. The van der Waals surface area contributed by atoms with Crippen LogP contribution in [0.15, 0.2) is 0 Å². The van der Waals surface area contributed by atoms with Gasteiger partial charge in [-0.15, -0.1) is 0 Å². The number of carbonyl (C=O) groups is 1. The maximum atomic E-state index is 12.6. The van der Waals surface area contributed by atoms with Crippen LogP contribution in [0.25, 0.3) is 0 Å². The van der Waals surface area contributed by atoms with Gasteiger partial charge in [0.2, 0.25) is 0 Å². The van der Waals surface area contributed by atoms with Gasteiger partial charge in [0, 0.05) is 6.54 Å². The summed E-state index contributed by atoms with van der Waals surface area (Å²) < 4.78 is 17.4. The second-order valence-electron chi connectivity index (χ2n) is 2.89. The molecular weight excluding hydrogens is 161 g/mol. The zero-order valence-corrected chi connectivity index (χ0v) is 7.18. The number of carbonyl (C=O) groups excluding carboxylic acids is 1. The van der Waals surface area contributed by atoms with E-state index >= 15 is 0 Å². The molecule has 1 N–H and O–H groups in total. The highest BCUT2D eigenvalue weighted by atomic mass is 19.1. The Kier molecular flexibility index (Phi) is 3.47. The third-order valence-electron chi connectivity index (χ3n) is 1.93. The zero-order valence-electron chi connectivity index (χ0n) is 7.18. The summed E-state index contributed by atoms with van der Waals surface area (Å²) in [6.07, 6.45) is 0.187. The molecule has 0 radical (unpaired) electrons. The van der Waals surface area contributed by atoms with Gasteiger partial charge in [0.1, 0.15) is 12.2 Å². The molecule has 1 aliphatic rings. The van der Waals surface area contributed by atoms with Crippen molar-refractivity contribution in [3.05, 3.63) is 0 Å². The quantitative estimate of drug-likeness (QED) is 0.626. The minimum atomic E-state index is -0.810. The smallest absolute Gasteiger partial charge is 0.323 e. The first-order chi connectivity index (χ1) is 5.74. The van der Waals surface area contributed by atoms with Crippen molar-refractivity contribution in [3.63, 3.8) is 0 Å². The standard InChI is InChI=1S/C8H14FNO2/c1-2-12-8(11)7-4-3-6(9)5-10-7/h6-7,10H,2-5H2,1H3. The molecule has 1 heterocycles. The number of alkyl halides is 1. The van der Waals surface area contributed by atoms with Crippen LogP contribution in [0.5, 0.6) is 0 Å². The van der Waals surface area contributed by atoms with Crippen molar-refractivity contribution in [2.75, 3.05) is 13.2 Å². The van der Waals surface area contributed by atoms with Crippen LogP contribution < -0.4 is 5.32 Å². The number of hydrogen-bond donors (Lipinski definition) is 1. The lowest BCUT2D eigenvalue weighted by molar-refractivity contribution is -0.146. The van der Waals surface area contributed by atoms with Crippen molar-refractivity contribution < 1.29 is 13.9 Å². The third-order valence-corrected chi connectivity index (χ3v) is 1.93. The highest BCUT2D eigenvalue weighted by Crippen LogP contribution is 2.11. The Balaban J connectivity index is 2.29. The molecule has 1 aliphatic heterocycles. The van der Waals surface area contributed by atoms with Gasteiger partial charge in [-0.2, -0.15) is 0 Å². The minimum absolute atomic E-state index is 0.260. The van der Waals surface area contributed by atoms with E-state index in [1.165, 1.54) is 0 Å². The summed E-state index contributed by atoms with van der Waals surface area (Å²) >= 11 is 0. The highest BCUT2D eigenvalue weighted by molar-refractivity contribution is 5.75. The lowest BCUT2D eigenvalue weighted by Gasteiger charge is -2.23. The molecule has 0 aliphatic carbocycles. The Morgan fingerprint density at radius 2 is 2.42 bits per heavy atom. The van der Waals surface area contributed by atoms with E-state index in [0.717, 1.165) is 0 Å². The van der Waals surface area contributed by atoms with E-state index in [0.29, 0.717) is 19.4 Å². The molecule has 0 aromatic heterocycles. The first-order valence-corrected chi connectivity index (χ1v) is 4.28. The van der Waals surface area contributed by atoms with E-state index in [1.807, 2.05) is 0 Å². The van der Waals surface area contributed by atoms with Crippen molar-refractivity contribution >= 4 is 5.97 Å². The van der Waals surface area contributed by atoms with Crippen molar-refractivity contribution in [1.29, 1.82) is 0 Å². The summed E-state index contributed by atoms with van der Waals surface area (Å²) in [4.78, 5) is 11.1. The lowest BCUT2D eigenvalue weighted by atomic mass is 10.0. The van der Waals surface area contributed by atoms with E-state index in [-0.39, 0.29) is 18.6 Å². The average Bonchev–Trinajstić information content (AvgIpc) is 2.06. The predicted molar refractivity (Wildman–Crippen MR) is 42.6 cm³/mol. The molecule has 12 heavy (non-hydrogen) atoms. The molecule has 0 spiro atoms. The van der Waals surface area contributed by atoms with Crippen LogP contribution in [0.4, 0.5) is 4.39 Å². The Labute approximate surface area is 71.3 Å². The van der Waals surface area contributed by atoms with Gasteiger partial charge in [-0.25, -0.2) is 4.39 Å². The van der Waals surface area contributed by atoms with Gasteiger partial charge in [0.05, 0.1) is 6.61 Å². The van der Waals surface area contributed by atoms with E-state index in [2.05, 4.69) is 5.32 Å². The molecule has 0 bridgehead atoms. The van der Waals surface area contributed by atoms with Crippen LogP contribution in [-0.4, -0.2) is 31.3 Å². The van der Waals surface area contributed by atoms with Gasteiger partial charge in [0.15, 0.2) is 0 Å². The number of hydrogen-bond acceptors (Lipinski definition) is 3. The van der Waals surface area contributed by atoms with E-state index < -0.39 is 6.17 Å². The van der Waals surface area contributed by atoms with Crippen LogP contribution in [0.3, 0.4) is 0 Å². The Morgan fingerprint density at radius 1 is 1.67 bits per heavy atom. The number of esters is 1. The largest absolute Gasteiger partial charge is 0.465 e. The van der Waals surface area contributed by atoms with Crippen molar-refractivity contribution in [1.82, 2.24) is 5.32 Å². The van der Waals surface area contributed by atoms with Crippen LogP contribution in [0, 0.1) is 0 Å². The summed E-state index contributed by atoms with van der Waals surface area (Å²) in [5.74, 6) is -0.260. The van der Waals surface area contributed by atoms with Crippen LogP contribution in [0.2, 0.25) is 0 Å². The van der Waals surface area contributed by atoms with Crippen molar-refractivity contribution in [2.45, 2.75) is 32.0 Å². The lowest BCUT2D eigenvalue weighted by Crippen LogP contribution is -2.45. The fraction of sp³-hybridized carbons (Fsp3) is 0.875. The molecule has 0 saturated carbocycles. The monoisotopic (exact) mass is 175 g/mol. The number of piperidine rings is 1. The highest BCUT2D eigenvalue weighted by Gasteiger charge is 2.25. The van der Waals surface area contributed by atoms with Gasteiger partial charge in [-0.3, -0.25) is 4.79 Å². The molecule has 2 unspecified atom stereocenters. The first-order valence-electron chi connectivity index (χ1n) is 4.28. The topological polar surface area (TPSA) is 38.3 Å². The predicted octanol–water partition coefficient (Wildman–Crippen LogP) is 0.640. The average molecular weight is 175 g/mol. The van der Waals surface area contributed by atoms with Gasteiger partial charge in [-0.1, -0.05) is 0 Å². The van der Waals surface area contributed by atoms with Crippen LogP contribution in [0.1, 0.15) is 19.8 Å². The summed E-state index contributed by atoms with van der Waals surface area (Å²) in [6.45, 7) is 2.41. The summed E-state index contributed by atoms with van der Waals surface area (Å²) in [5.41, 5.74) is 0. The minimum Gasteiger partial charge on any atom is -0.465 e. The van der Waals surface area contributed by atoms with Crippen LogP contribution in [-0.2, 0) is 9.53 Å². The summed E-state index contributed by atoms with van der Waals surface area (Å²) in [5, 5.41) is 2.80. The first kappa shape index (κ1) is 9.45. The molecule has 1 rings (SSSR count). The number of rotatable bonds is 2. The van der Waals surface area contributed by atoms with E-state index in [1.54, 1.807) is 6.92 Å². The van der Waals surface area contributed by atoms with E-state index in [9.17, 15) is 9.18 Å². The maximum absolute atomic E-state index is 12.6. The fourth-order valence-corrected chi connectivity index (χ4v) is 1.27. The van der Waals surface area contributed by atoms with Gasteiger partial charge < -0.3 is 10.1 Å². The fourth-order valence-electron chi connectivity index (χ4n) is 1.27. The summed E-state index contributed by atoms with van der Waals surface area (Å²) in [7, 11) is 0. The SMILES string of the molecule is CCOC(=O)C1CCC(F)CN1. The normalized spacial score (nSPS) is 29.8. The molecule has 4 heteroatoms. The molecule has 3 nitrogen and oxygen atoms in total. The molecule has 0 aromatic carbocycles. The Hall–Kier alpha value is -0.640. The Bertz CT molecular complexity index is 155. The molecule has 0 aromatic rings. The van der Waals surface area contributed by atoms with Gasteiger partial charge in [-0.05, 0) is 19.8 Å². The molecule has 1 fully saturated rings. The second kappa shape index (κ2) is 4.40. The second-order valence-corrected chi connectivity index (χ2v) is 2.89.